The van der Waals surface area contributed by atoms with Gasteiger partial charge in [0.15, 0.2) is 0 Å². The number of carbonyl (C=O) groups excluding carboxylic acids is 1. The summed E-state index contributed by atoms with van der Waals surface area (Å²) in [6, 6.07) is 4.10. The molecule has 0 unspecified atom stereocenters. The molecule has 1 fully saturated rings. The number of hydrogen-bond donors (Lipinski definition) is 1. The first-order valence-electron chi connectivity index (χ1n) is 9.31. The van der Waals surface area contributed by atoms with E-state index < -0.39 is 5.54 Å². The van der Waals surface area contributed by atoms with Gasteiger partial charge >= 0.3 is 0 Å². The van der Waals surface area contributed by atoms with E-state index in [1.165, 1.54) is 0 Å². The molecule has 1 N–H and O–H groups in total. The van der Waals surface area contributed by atoms with Gasteiger partial charge in [0.05, 0.1) is 31.4 Å². The Hall–Kier alpha value is -2.01. The van der Waals surface area contributed by atoms with E-state index in [9.17, 15) is 4.79 Å². The predicted molar refractivity (Wildman–Crippen MR) is 101 cm³/mol. The summed E-state index contributed by atoms with van der Waals surface area (Å²) >= 11 is 0. The minimum absolute atomic E-state index is 0.0745. The minimum atomic E-state index is -0.433. The summed E-state index contributed by atoms with van der Waals surface area (Å²) in [5.41, 5.74) is 3.27. The van der Waals surface area contributed by atoms with Gasteiger partial charge in [-0.2, -0.15) is 0 Å². The Kier molecular flexibility index (Phi) is 5.28. The zero-order valence-electron chi connectivity index (χ0n) is 16.4. The number of benzene rings is 1. The van der Waals surface area contributed by atoms with Crippen molar-refractivity contribution < 1.29 is 19.0 Å². The molecule has 0 bridgehead atoms. The van der Waals surface area contributed by atoms with Crippen molar-refractivity contribution in [3.05, 3.63) is 34.6 Å². The second-order valence-electron chi connectivity index (χ2n) is 7.23. The summed E-state index contributed by atoms with van der Waals surface area (Å²) in [6.07, 6.45) is 4.52. The first kappa shape index (κ1) is 18.8. The molecule has 2 aliphatic rings. The van der Waals surface area contributed by atoms with E-state index in [2.05, 4.69) is 18.3 Å². The fraction of sp³-hybridized carbons (Fsp3) is 0.571. The van der Waals surface area contributed by atoms with E-state index in [0.717, 1.165) is 60.3 Å². The number of nitrogens with one attached hydrogen (secondary N) is 1. The van der Waals surface area contributed by atoms with Crippen LogP contribution in [0.15, 0.2) is 17.9 Å². The molecule has 5 nitrogen and oxygen atoms in total. The van der Waals surface area contributed by atoms with Gasteiger partial charge in [0.2, 0.25) is 0 Å². The number of ether oxygens (including phenoxy) is 3. The highest BCUT2D eigenvalue weighted by Crippen LogP contribution is 2.46. The molecule has 1 aliphatic carbocycles. The maximum atomic E-state index is 13.1. The first-order valence-corrected chi connectivity index (χ1v) is 9.31. The molecule has 0 aromatic heterocycles. The summed E-state index contributed by atoms with van der Waals surface area (Å²) in [5.74, 6) is 1.40. The van der Waals surface area contributed by atoms with Gasteiger partial charge in [-0.25, -0.2) is 0 Å². The Morgan fingerprint density at radius 3 is 2.38 bits per heavy atom. The summed E-state index contributed by atoms with van der Waals surface area (Å²) in [4.78, 5) is 13.1. The maximum Gasteiger partial charge on any atom is 0.256 e. The molecule has 1 aromatic carbocycles. The lowest BCUT2D eigenvalue weighted by Crippen LogP contribution is -2.48. The van der Waals surface area contributed by atoms with Crippen LogP contribution in [0.4, 0.5) is 0 Å². The summed E-state index contributed by atoms with van der Waals surface area (Å²) in [5, 5.41) is 3.23. The predicted octanol–water partition coefficient (Wildman–Crippen LogP) is 3.38. The number of carbonyl (C=O) groups is 1. The minimum Gasteiger partial charge on any atom is -0.498 e. The van der Waals surface area contributed by atoms with Gasteiger partial charge in [0.25, 0.3) is 5.91 Å². The molecule has 1 saturated carbocycles. The van der Waals surface area contributed by atoms with E-state index in [0.29, 0.717) is 5.57 Å². The third-order valence-corrected chi connectivity index (χ3v) is 5.74. The number of aryl methyl sites for hydroxylation is 2. The number of methoxy groups -OCH3 is 3. The van der Waals surface area contributed by atoms with Gasteiger partial charge < -0.3 is 19.5 Å². The summed E-state index contributed by atoms with van der Waals surface area (Å²) in [6.45, 7) is 4.14. The average molecular weight is 359 g/mol. The van der Waals surface area contributed by atoms with E-state index in [-0.39, 0.29) is 12.0 Å². The van der Waals surface area contributed by atoms with Gasteiger partial charge in [-0.05, 0) is 56.2 Å². The highest BCUT2D eigenvalue weighted by atomic mass is 16.5. The second-order valence-corrected chi connectivity index (χ2v) is 7.23. The van der Waals surface area contributed by atoms with Crippen molar-refractivity contribution in [2.24, 2.45) is 0 Å². The van der Waals surface area contributed by atoms with E-state index in [4.69, 9.17) is 14.2 Å². The first-order chi connectivity index (χ1) is 12.5. The number of rotatable bonds is 5. The Morgan fingerprint density at radius 1 is 1.15 bits per heavy atom. The van der Waals surface area contributed by atoms with Gasteiger partial charge in [0, 0.05) is 12.7 Å². The Morgan fingerprint density at radius 2 is 1.85 bits per heavy atom. The molecule has 0 saturated heterocycles. The van der Waals surface area contributed by atoms with E-state index in [1.54, 1.807) is 21.3 Å². The fourth-order valence-corrected chi connectivity index (χ4v) is 4.42. The molecular formula is C21H29NO4. The van der Waals surface area contributed by atoms with Crippen LogP contribution in [0.2, 0.25) is 0 Å². The van der Waals surface area contributed by atoms with Crippen LogP contribution in [0.3, 0.4) is 0 Å². The molecule has 1 aliphatic heterocycles. The highest BCUT2D eigenvalue weighted by Gasteiger charge is 2.49. The molecule has 3 rings (SSSR count). The maximum absolute atomic E-state index is 13.1. The lowest BCUT2D eigenvalue weighted by atomic mass is 9.79. The molecule has 1 heterocycles. The SMILES string of the molecule is CCc1cc(C)cc(OC)c1C1=C(OC)C2(CCC(OC)CC2)NC1=O. The molecule has 26 heavy (non-hydrogen) atoms. The van der Waals surface area contributed by atoms with Gasteiger partial charge in [-0.15, -0.1) is 0 Å². The summed E-state index contributed by atoms with van der Waals surface area (Å²) in [7, 11) is 5.06. The van der Waals surface area contributed by atoms with Crippen LogP contribution in [0.5, 0.6) is 5.75 Å². The van der Waals surface area contributed by atoms with Crippen LogP contribution in [0.1, 0.15) is 49.3 Å². The van der Waals surface area contributed by atoms with E-state index >= 15 is 0 Å². The molecule has 142 valence electrons. The number of hydrogen-bond acceptors (Lipinski definition) is 4. The normalized spacial score (nSPS) is 25.6. The Balaban J connectivity index is 2.14. The van der Waals surface area contributed by atoms with Crippen LogP contribution in [-0.4, -0.2) is 38.9 Å². The molecule has 5 heteroatoms. The highest BCUT2D eigenvalue weighted by molar-refractivity contribution is 6.24. The van der Waals surface area contributed by atoms with Crippen molar-refractivity contribution in [3.63, 3.8) is 0 Å². The molecule has 0 atom stereocenters. The third-order valence-electron chi connectivity index (χ3n) is 5.74. The van der Waals surface area contributed by atoms with Crippen LogP contribution >= 0.6 is 0 Å². The molecule has 1 spiro atoms. The molecule has 1 amide bonds. The quantitative estimate of drug-likeness (QED) is 0.876. The van der Waals surface area contributed by atoms with Crippen molar-refractivity contribution in [1.82, 2.24) is 5.32 Å². The summed E-state index contributed by atoms with van der Waals surface area (Å²) < 4.78 is 17.0. The Labute approximate surface area is 155 Å². The standard InChI is InChI=1S/C21H29NO4/c1-6-14-11-13(2)12-16(25-4)17(14)18-19(26-5)21(22-20(18)23)9-7-15(24-3)8-10-21/h11-12,15H,6-10H2,1-5H3,(H,22,23). The van der Waals surface area contributed by atoms with Gasteiger partial charge in [-0.3, -0.25) is 4.79 Å². The van der Waals surface area contributed by atoms with Crippen molar-refractivity contribution in [1.29, 1.82) is 0 Å². The topological polar surface area (TPSA) is 56.8 Å². The number of amides is 1. The second kappa shape index (κ2) is 7.31. The van der Waals surface area contributed by atoms with Crippen LogP contribution in [0.25, 0.3) is 5.57 Å². The zero-order chi connectivity index (χ0) is 18.9. The van der Waals surface area contributed by atoms with Crippen molar-refractivity contribution in [2.75, 3.05) is 21.3 Å². The van der Waals surface area contributed by atoms with Gasteiger partial charge in [-0.1, -0.05) is 13.0 Å². The lowest BCUT2D eigenvalue weighted by Gasteiger charge is -2.37. The fourth-order valence-electron chi connectivity index (χ4n) is 4.42. The average Bonchev–Trinajstić information content (AvgIpc) is 2.92. The van der Waals surface area contributed by atoms with E-state index in [1.807, 2.05) is 13.0 Å². The van der Waals surface area contributed by atoms with Crippen LogP contribution in [0, 0.1) is 6.92 Å². The molecule has 1 aromatic rings. The van der Waals surface area contributed by atoms with Crippen molar-refractivity contribution in [2.45, 2.75) is 57.6 Å². The lowest BCUT2D eigenvalue weighted by molar-refractivity contribution is -0.116. The van der Waals surface area contributed by atoms with Crippen molar-refractivity contribution in [3.8, 4) is 5.75 Å². The van der Waals surface area contributed by atoms with Crippen molar-refractivity contribution >= 4 is 11.5 Å². The zero-order valence-corrected chi connectivity index (χ0v) is 16.4. The Bertz CT molecular complexity index is 705. The monoisotopic (exact) mass is 359 g/mol. The molecular weight excluding hydrogens is 330 g/mol. The molecule has 0 radical (unpaired) electrons. The van der Waals surface area contributed by atoms with Gasteiger partial charge in [0.1, 0.15) is 11.5 Å². The van der Waals surface area contributed by atoms with Crippen LogP contribution in [-0.2, 0) is 20.7 Å². The third kappa shape index (κ3) is 2.98. The van der Waals surface area contributed by atoms with Crippen LogP contribution < -0.4 is 10.1 Å². The largest absolute Gasteiger partial charge is 0.498 e. The smallest absolute Gasteiger partial charge is 0.256 e.